The van der Waals surface area contributed by atoms with Gasteiger partial charge in [-0.2, -0.15) is 0 Å². The number of unbranched alkanes of at least 4 members (excludes halogenated alkanes) is 1. The van der Waals surface area contributed by atoms with Crippen molar-refractivity contribution in [2.24, 2.45) is 0 Å². The summed E-state index contributed by atoms with van der Waals surface area (Å²) in [6.07, 6.45) is 2.24. The molecule has 6 heteroatoms. The molecule has 0 aliphatic rings. The normalized spacial score (nSPS) is 11.9. The Morgan fingerprint density at radius 2 is 2.10 bits per heavy atom. The van der Waals surface area contributed by atoms with Gasteiger partial charge in [0.1, 0.15) is 0 Å². The molecule has 1 unspecified atom stereocenters. The van der Waals surface area contributed by atoms with Gasteiger partial charge in [0.2, 0.25) is 0 Å². The second-order valence-electron chi connectivity index (χ2n) is 4.87. The summed E-state index contributed by atoms with van der Waals surface area (Å²) in [6.45, 7) is 4.54. The van der Waals surface area contributed by atoms with Crippen molar-refractivity contribution in [2.45, 2.75) is 45.6 Å². The summed E-state index contributed by atoms with van der Waals surface area (Å²) >= 11 is 1.74. The van der Waals surface area contributed by atoms with E-state index in [0.29, 0.717) is 19.4 Å². The number of carboxylic acid groups (broad SMARTS) is 1. The molecule has 0 aliphatic carbocycles. The zero-order chi connectivity index (χ0) is 15.0. The van der Waals surface area contributed by atoms with E-state index in [-0.39, 0.29) is 18.5 Å². The molecule has 0 aliphatic heterocycles. The van der Waals surface area contributed by atoms with Gasteiger partial charge in [-0.3, -0.25) is 4.79 Å². The van der Waals surface area contributed by atoms with Gasteiger partial charge in [0, 0.05) is 35.2 Å². The van der Waals surface area contributed by atoms with Crippen LogP contribution in [0.3, 0.4) is 0 Å². The maximum absolute atomic E-state index is 11.6. The molecule has 1 aromatic heterocycles. The van der Waals surface area contributed by atoms with Crippen LogP contribution in [0.2, 0.25) is 0 Å². The molecule has 2 amide bonds. The summed E-state index contributed by atoms with van der Waals surface area (Å²) in [5.41, 5.74) is 0. The second kappa shape index (κ2) is 8.58. The van der Waals surface area contributed by atoms with Gasteiger partial charge >= 0.3 is 12.0 Å². The molecule has 1 rings (SSSR count). The second-order valence-corrected chi connectivity index (χ2v) is 6.24. The monoisotopic (exact) mass is 298 g/mol. The average Bonchev–Trinajstić information content (AvgIpc) is 2.73. The lowest BCUT2D eigenvalue weighted by Crippen LogP contribution is -2.41. The van der Waals surface area contributed by atoms with Gasteiger partial charge in [-0.1, -0.05) is 0 Å². The van der Waals surface area contributed by atoms with E-state index in [1.54, 1.807) is 11.3 Å². The third-order valence-corrected chi connectivity index (χ3v) is 3.81. The number of rotatable bonds is 8. The summed E-state index contributed by atoms with van der Waals surface area (Å²) in [7, 11) is 0. The lowest BCUT2D eigenvalue weighted by molar-refractivity contribution is -0.137. The Balaban J connectivity index is 2.13. The van der Waals surface area contributed by atoms with Crippen LogP contribution in [-0.2, 0) is 11.2 Å². The predicted octanol–water partition coefficient (Wildman–Crippen LogP) is 2.54. The molecule has 5 nitrogen and oxygen atoms in total. The van der Waals surface area contributed by atoms with Gasteiger partial charge in [-0.25, -0.2) is 4.79 Å². The largest absolute Gasteiger partial charge is 0.481 e. The molecule has 0 aromatic carbocycles. The molecule has 3 N–H and O–H groups in total. The number of thiophene rings is 1. The van der Waals surface area contributed by atoms with Crippen LogP contribution in [0, 0.1) is 6.92 Å². The molecular weight excluding hydrogens is 276 g/mol. The van der Waals surface area contributed by atoms with Crippen LogP contribution in [0.5, 0.6) is 0 Å². The Morgan fingerprint density at radius 1 is 1.35 bits per heavy atom. The van der Waals surface area contributed by atoms with Crippen LogP contribution in [-0.4, -0.2) is 29.7 Å². The Hall–Kier alpha value is -1.56. The van der Waals surface area contributed by atoms with Gasteiger partial charge in [-0.15, -0.1) is 11.3 Å². The maximum Gasteiger partial charge on any atom is 0.315 e. The molecule has 20 heavy (non-hydrogen) atoms. The highest BCUT2D eigenvalue weighted by atomic mass is 32.1. The van der Waals surface area contributed by atoms with Crippen molar-refractivity contribution in [2.75, 3.05) is 6.54 Å². The molecule has 112 valence electrons. The first-order valence-corrected chi connectivity index (χ1v) is 7.60. The fraction of sp³-hybridized carbons (Fsp3) is 0.571. The van der Waals surface area contributed by atoms with Crippen molar-refractivity contribution >= 4 is 23.3 Å². The molecule has 0 radical (unpaired) electrons. The first kappa shape index (κ1) is 16.5. The van der Waals surface area contributed by atoms with Gasteiger partial charge in [-0.05, 0) is 38.8 Å². The highest BCUT2D eigenvalue weighted by Crippen LogP contribution is 2.16. The molecule has 0 bridgehead atoms. The smallest absolute Gasteiger partial charge is 0.315 e. The van der Waals surface area contributed by atoms with E-state index in [9.17, 15) is 9.59 Å². The van der Waals surface area contributed by atoms with Crippen molar-refractivity contribution in [3.8, 4) is 0 Å². The van der Waals surface area contributed by atoms with E-state index in [1.165, 1.54) is 9.75 Å². The quantitative estimate of drug-likeness (QED) is 0.645. The highest BCUT2D eigenvalue weighted by molar-refractivity contribution is 7.11. The molecule has 0 fully saturated rings. The van der Waals surface area contributed by atoms with Crippen LogP contribution < -0.4 is 10.6 Å². The molecule has 0 saturated heterocycles. The molecule has 0 saturated carbocycles. The predicted molar refractivity (Wildman–Crippen MR) is 80.2 cm³/mol. The number of nitrogens with one attached hydrogen (secondary N) is 2. The Labute approximate surface area is 123 Å². The zero-order valence-corrected chi connectivity index (χ0v) is 12.8. The standard InChI is InChI=1S/C14H22N2O3S/c1-10(9-12-7-6-11(2)20-12)16-14(19)15-8-4-3-5-13(17)18/h6-7,10H,3-5,8-9H2,1-2H3,(H,17,18)(H2,15,16,19). The first-order chi connectivity index (χ1) is 9.47. The lowest BCUT2D eigenvalue weighted by atomic mass is 10.2. The fourth-order valence-electron chi connectivity index (χ4n) is 1.83. The summed E-state index contributed by atoms with van der Waals surface area (Å²) < 4.78 is 0. The summed E-state index contributed by atoms with van der Waals surface area (Å²) in [5.74, 6) is -0.797. The SMILES string of the molecule is Cc1ccc(CC(C)NC(=O)NCCCCC(=O)O)s1. The zero-order valence-electron chi connectivity index (χ0n) is 11.9. The van der Waals surface area contributed by atoms with Crippen LogP contribution in [0.4, 0.5) is 4.79 Å². The van der Waals surface area contributed by atoms with Crippen LogP contribution in [0.15, 0.2) is 12.1 Å². The number of carbonyl (C=O) groups is 2. The van der Waals surface area contributed by atoms with E-state index in [0.717, 1.165) is 6.42 Å². The molecular formula is C14H22N2O3S. The van der Waals surface area contributed by atoms with Gasteiger partial charge in [0.25, 0.3) is 0 Å². The van der Waals surface area contributed by atoms with Crippen molar-refractivity contribution in [1.82, 2.24) is 10.6 Å². The van der Waals surface area contributed by atoms with Gasteiger partial charge < -0.3 is 15.7 Å². The van der Waals surface area contributed by atoms with E-state index in [2.05, 4.69) is 29.7 Å². The van der Waals surface area contributed by atoms with Crippen LogP contribution in [0.1, 0.15) is 35.9 Å². The number of aryl methyl sites for hydroxylation is 1. The highest BCUT2D eigenvalue weighted by Gasteiger charge is 2.08. The van der Waals surface area contributed by atoms with E-state index in [1.807, 2.05) is 6.92 Å². The van der Waals surface area contributed by atoms with Crippen molar-refractivity contribution < 1.29 is 14.7 Å². The third-order valence-electron chi connectivity index (χ3n) is 2.78. The minimum absolute atomic E-state index is 0.0760. The third kappa shape index (κ3) is 7.13. The van der Waals surface area contributed by atoms with Crippen molar-refractivity contribution in [3.63, 3.8) is 0 Å². The van der Waals surface area contributed by atoms with E-state index < -0.39 is 5.97 Å². The Morgan fingerprint density at radius 3 is 2.70 bits per heavy atom. The molecule has 1 heterocycles. The summed E-state index contributed by atoms with van der Waals surface area (Å²) in [4.78, 5) is 24.5. The van der Waals surface area contributed by atoms with Crippen molar-refractivity contribution in [1.29, 1.82) is 0 Å². The number of amides is 2. The average molecular weight is 298 g/mol. The molecule has 1 atom stereocenters. The van der Waals surface area contributed by atoms with E-state index >= 15 is 0 Å². The Bertz CT molecular complexity index is 445. The molecule has 0 spiro atoms. The lowest BCUT2D eigenvalue weighted by Gasteiger charge is -2.13. The summed E-state index contributed by atoms with van der Waals surface area (Å²) in [6, 6.07) is 4.05. The Kier molecular flexibility index (Phi) is 7.08. The summed E-state index contributed by atoms with van der Waals surface area (Å²) in [5, 5.41) is 14.1. The minimum Gasteiger partial charge on any atom is -0.481 e. The van der Waals surface area contributed by atoms with Crippen molar-refractivity contribution in [3.05, 3.63) is 21.9 Å². The number of carboxylic acids is 1. The topological polar surface area (TPSA) is 78.4 Å². The number of aliphatic carboxylic acids is 1. The van der Waals surface area contributed by atoms with Gasteiger partial charge in [0.15, 0.2) is 0 Å². The number of carbonyl (C=O) groups excluding carboxylic acids is 1. The molecule has 1 aromatic rings. The first-order valence-electron chi connectivity index (χ1n) is 6.79. The number of hydrogen-bond acceptors (Lipinski definition) is 3. The van der Waals surface area contributed by atoms with E-state index in [4.69, 9.17) is 5.11 Å². The van der Waals surface area contributed by atoms with Gasteiger partial charge in [0.05, 0.1) is 0 Å². The number of urea groups is 1. The fourth-order valence-corrected chi connectivity index (χ4v) is 2.84. The minimum atomic E-state index is -0.797. The maximum atomic E-state index is 11.6. The van der Waals surface area contributed by atoms with Crippen LogP contribution in [0.25, 0.3) is 0 Å². The van der Waals surface area contributed by atoms with Crippen LogP contribution >= 0.6 is 11.3 Å². The number of hydrogen-bond donors (Lipinski definition) is 3.